The third kappa shape index (κ3) is 1.95. The molecule has 2 aromatic carbocycles. The van der Waals surface area contributed by atoms with Crippen molar-refractivity contribution in [3.05, 3.63) is 36.0 Å². The van der Waals surface area contributed by atoms with Gasteiger partial charge in [0.2, 0.25) is 12.5 Å². The van der Waals surface area contributed by atoms with Crippen LogP contribution in [0.5, 0.6) is 28.7 Å². The molecule has 26 heavy (non-hydrogen) atoms. The predicted octanol–water partition coefficient (Wildman–Crippen LogP) is 2.17. The summed E-state index contributed by atoms with van der Waals surface area (Å²) < 4.78 is 23.9. The first kappa shape index (κ1) is 15.1. The van der Waals surface area contributed by atoms with Gasteiger partial charge in [-0.1, -0.05) is 6.07 Å². The highest BCUT2D eigenvalue weighted by molar-refractivity contribution is 5.97. The van der Waals surface area contributed by atoms with E-state index in [9.17, 15) is 5.11 Å². The van der Waals surface area contributed by atoms with Crippen LogP contribution in [0.15, 0.2) is 30.5 Å². The summed E-state index contributed by atoms with van der Waals surface area (Å²) in [6.45, 7) is 0.935. The Hall–Kier alpha value is -3.15. The molecular weight excluding hydrogens is 334 g/mol. The number of fused-ring (bicyclic) bond motifs is 5. The number of nitrogens with zero attached hydrogens (tertiary/aromatic N) is 1. The molecule has 0 unspecified atom stereocenters. The lowest BCUT2D eigenvalue weighted by atomic mass is 9.94. The summed E-state index contributed by atoms with van der Waals surface area (Å²) in [6, 6.07) is 7.46. The van der Waals surface area contributed by atoms with Gasteiger partial charge in [-0.15, -0.1) is 0 Å². The first-order chi connectivity index (χ1) is 12.7. The maximum Gasteiger partial charge on any atom is 0.231 e. The molecule has 0 bridgehead atoms. The number of hydrogen-bond donors (Lipinski definition) is 0. The van der Waals surface area contributed by atoms with Gasteiger partial charge >= 0.3 is 0 Å². The number of ether oxygens (including phenoxy) is 4. The van der Waals surface area contributed by atoms with Crippen LogP contribution in [0.2, 0.25) is 0 Å². The molecule has 0 saturated heterocycles. The van der Waals surface area contributed by atoms with Crippen LogP contribution in [0, 0.1) is 0 Å². The second-order valence-corrected chi connectivity index (χ2v) is 6.38. The molecule has 2 aliphatic rings. The lowest BCUT2D eigenvalue weighted by molar-refractivity contribution is -0.688. The Labute approximate surface area is 150 Å². The van der Waals surface area contributed by atoms with E-state index in [0.717, 1.165) is 28.7 Å². The first-order valence-corrected chi connectivity index (χ1v) is 8.42. The molecule has 0 aliphatic carbocycles. The van der Waals surface area contributed by atoms with Gasteiger partial charge in [0.1, 0.15) is 0 Å². The van der Waals surface area contributed by atoms with E-state index in [1.807, 2.05) is 22.9 Å². The summed E-state index contributed by atoms with van der Waals surface area (Å²) in [6.07, 6.45) is 2.79. The minimum Gasteiger partial charge on any atom is -0.868 e. The number of hydrogen-bond acceptors (Lipinski definition) is 5. The molecule has 0 amide bonds. The van der Waals surface area contributed by atoms with Gasteiger partial charge in [-0.3, -0.25) is 0 Å². The summed E-state index contributed by atoms with van der Waals surface area (Å²) in [7, 11) is 3.17. The normalized spacial score (nSPS) is 14.1. The van der Waals surface area contributed by atoms with E-state index in [0.29, 0.717) is 34.9 Å². The largest absolute Gasteiger partial charge is 0.868 e. The standard InChI is InChI=1S/C20H17NO5/c1-23-15-4-3-12-14(20(15)24-2)9-21-6-5-11-7-16-17(26-10-25-16)8-13(11)18(21)19(12)22/h3-4,7-9H,5-6,10H2,1-2H3. The van der Waals surface area contributed by atoms with E-state index in [-0.39, 0.29) is 12.5 Å². The van der Waals surface area contributed by atoms with Crippen molar-refractivity contribution in [2.24, 2.45) is 0 Å². The second-order valence-electron chi connectivity index (χ2n) is 6.38. The van der Waals surface area contributed by atoms with E-state index >= 15 is 0 Å². The van der Waals surface area contributed by atoms with Crippen LogP contribution in [0.4, 0.5) is 0 Å². The van der Waals surface area contributed by atoms with Gasteiger partial charge in [0.15, 0.2) is 35.7 Å². The van der Waals surface area contributed by atoms with Gasteiger partial charge in [-0.05, 0) is 34.9 Å². The number of rotatable bonds is 2. The highest BCUT2D eigenvalue weighted by Crippen LogP contribution is 2.44. The molecule has 0 saturated carbocycles. The lowest BCUT2D eigenvalue weighted by Gasteiger charge is -2.22. The third-order valence-electron chi connectivity index (χ3n) is 5.09. The Morgan fingerprint density at radius 2 is 1.85 bits per heavy atom. The van der Waals surface area contributed by atoms with E-state index in [2.05, 4.69) is 0 Å². The van der Waals surface area contributed by atoms with Crippen molar-refractivity contribution < 1.29 is 28.6 Å². The molecule has 6 nitrogen and oxygen atoms in total. The van der Waals surface area contributed by atoms with Crippen molar-refractivity contribution in [3.8, 4) is 40.0 Å². The quantitative estimate of drug-likeness (QED) is 0.662. The highest BCUT2D eigenvalue weighted by atomic mass is 16.7. The van der Waals surface area contributed by atoms with E-state index in [1.54, 1.807) is 26.4 Å². The number of aryl methyl sites for hydroxylation is 2. The Morgan fingerprint density at radius 3 is 2.62 bits per heavy atom. The fourth-order valence-corrected chi connectivity index (χ4v) is 3.86. The van der Waals surface area contributed by atoms with Crippen molar-refractivity contribution >= 4 is 10.8 Å². The summed E-state index contributed by atoms with van der Waals surface area (Å²) in [5, 5.41) is 14.7. The molecule has 2 aliphatic heterocycles. The molecule has 0 fully saturated rings. The van der Waals surface area contributed by atoms with Gasteiger partial charge in [0.05, 0.1) is 25.2 Å². The molecule has 5 rings (SSSR count). The van der Waals surface area contributed by atoms with Gasteiger partial charge in [0, 0.05) is 6.42 Å². The Balaban J connectivity index is 1.81. The minimum atomic E-state index is -0.0248. The molecule has 0 radical (unpaired) electrons. The van der Waals surface area contributed by atoms with E-state index in [4.69, 9.17) is 18.9 Å². The number of pyridine rings is 1. The highest BCUT2D eigenvalue weighted by Gasteiger charge is 2.29. The van der Waals surface area contributed by atoms with Crippen molar-refractivity contribution in [1.29, 1.82) is 0 Å². The molecule has 0 atom stereocenters. The Bertz CT molecular complexity index is 1060. The van der Waals surface area contributed by atoms with Crippen LogP contribution in [-0.4, -0.2) is 21.0 Å². The van der Waals surface area contributed by atoms with Crippen LogP contribution in [-0.2, 0) is 13.0 Å². The Kier molecular flexibility index (Phi) is 3.16. The Morgan fingerprint density at radius 1 is 1.04 bits per heavy atom. The van der Waals surface area contributed by atoms with Gasteiger partial charge in [-0.25, -0.2) is 0 Å². The van der Waals surface area contributed by atoms with Crippen molar-refractivity contribution in [1.82, 2.24) is 0 Å². The lowest BCUT2D eigenvalue weighted by Crippen LogP contribution is -2.40. The first-order valence-electron chi connectivity index (χ1n) is 8.42. The average molecular weight is 351 g/mol. The summed E-state index contributed by atoms with van der Waals surface area (Å²) >= 11 is 0. The molecule has 132 valence electrons. The maximum atomic E-state index is 13.3. The fraction of sp³-hybridized carbons (Fsp3) is 0.250. The van der Waals surface area contributed by atoms with E-state index < -0.39 is 0 Å². The smallest absolute Gasteiger partial charge is 0.231 e. The second kappa shape index (κ2) is 5.42. The summed E-state index contributed by atoms with van der Waals surface area (Å²) in [5.74, 6) is 2.59. The van der Waals surface area contributed by atoms with Gasteiger partial charge < -0.3 is 24.1 Å². The van der Waals surface area contributed by atoms with Crippen LogP contribution < -0.4 is 28.6 Å². The van der Waals surface area contributed by atoms with Crippen molar-refractivity contribution in [2.75, 3.05) is 21.0 Å². The number of aromatic nitrogens is 1. The molecule has 1 aromatic heterocycles. The topological polar surface area (TPSA) is 63.9 Å². The SMILES string of the molecule is COc1ccc2c([O-])c3[n+](cc2c1OC)CCc1cc2c(cc1-3)OCO2. The molecular formula is C20H17NO5. The molecule has 3 aromatic rings. The minimum absolute atomic E-state index is 0.0248. The van der Waals surface area contributed by atoms with Gasteiger partial charge in [0.25, 0.3) is 0 Å². The average Bonchev–Trinajstić information content (AvgIpc) is 3.12. The molecule has 6 heteroatoms. The number of benzene rings is 2. The van der Waals surface area contributed by atoms with Crippen LogP contribution in [0.25, 0.3) is 22.0 Å². The molecule has 0 spiro atoms. The number of methoxy groups -OCH3 is 2. The zero-order chi connectivity index (χ0) is 17.8. The van der Waals surface area contributed by atoms with E-state index in [1.165, 1.54) is 0 Å². The molecule has 0 N–H and O–H groups in total. The molecule has 3 heterocycles. The fourth-order valence-electron chi connectivity index (χ4n) is 3.86. The predicted molar refractivity (Wildman–Crippen MR) is 92.0 cm³/mol. The van der Waals surface area contributed by atoms with Crippen molar-refractivity contribution in [3.63, 3.8) is 0 Å². The maximum absolute atomic E-state index is 13.3. The third-order valence-corrected chi connectivity index (χ3v) is 5.09. The van der Waals surface area contributed by atoms with Crippen LogP contribution in [0.3, 0.4) is 0 Å². The zero-order valence-corrected chi connectivity index (χ0v) is 14.5. The summed E-state index contributed by atoms with van der Waals surface area (Å²) in [5.41, 5.74) is 2.68. The van der Waals surface area contributed by atoms with Crippen molar-refractivity contribution in [2.45, 2.75) is 13.0 Å². The monoisotopic (exact) mass is 351 g/mol. The van der Waals surface area contributed by atoms with Gasteiger partial charge in [-0.2, -0.15) is 4.57 Å². The van der Waals surface area contributed by atoms with Crippen LogP contribution >= 0.6 is 0 Å². The zero-order valence-electron chi connectivity index (χ0n) is 14.5. The van der Waals surface area contributed by atoms with Crippen LogP contribution in [0.1, 0.15) is 5.56 Å². The summed E-state index contributed by atoms with van der Waals surface area (Å²) in [4.78, 5) is 0.